The topological polar surface area (TPSA) is 101 Å². The van der Waals surface area contributed by atoms with Crippen LogP contribution in [0.3, 0.4) is 0 Å². The van der Waals surface area contributed by atoms with E-state index in [9.17, 15) is 4.79 Å². The first-order valence-electron chi connectivity index (χ1n) is 6.42. The molecule has 0 unspecified atom stereocenters. The van der Waals surface area contributed by atoms with E-state index in [1.165, 1.54) is 25.6 Å². The van der Waals surface area contributed by atoms with Crippen LogP contribution in [0.25, 0.3) is 0 Å². The van der Waals surface area contributed by atoms with Gasteiger partial charge < -0.3 is 21.2 Å². The number of pyridine rings is 1. The molecule has 4 N–H and O–H groups in total. The van der Waals surface area contributed by atoms with Crippen molar-refractivity contribution in [2.45, 2.75) is 6.54 Å². The van der Waals surface area contributed by atoms with Gasteiger partial charge in [0.2, 0.25) is 5.88 Å². The molecule has 1 aromatic carbocycles. The zero-order valence-electron chi connectivity index (χ0n) is 11.9. The number of halogens is 1. The third-order valence-electron chi connectivity index (χ3n) is 3.08. The van der Waals surface area contributed by atoms with Crippen LogP contribution in [0.4, 0.5) is 5.69 Å². The van der Waals surface area contributed by atoms with Gasteiger partial charge in [-0.25, -0.2) is 4.98 Å². The van der Waals surface area contributed by atoms with E-state index in [4.69, 9.17) is 27.5 Å². The number of methoxy groups -OCH3 is 1. The third kappa shape index (κ3) is 3.35. The molecule has 22 heavy (non-hydrogen) atoms. The van der Waals surface area contributed by atoms with Crippen LogP contribution >= 0.6 is 11.6 Å². The van der Waals surface area contributed by atoms with Gasteiger partial charge in [-0.1, -0.05) is 23.7 Å². The Balaban J connectivity index is 2.12. The molecule has 0 saturated carbocycles. The fourth-order valence-corrected chi connectivity index (χ4v) is 2.18. The summed E-state index contributed by atoms with van der Waals surface area (Å²) in [5, 5.41) is 10.4. The number of nitrogen functional groups attached to an aromatic ring is 1. The highest BCUT2D eigenvalue weighted by Gasteiger charge is 2.11. The van der Waals surface area contributed by atoms with E-state index >= 15 is 0 Å². The molecule has 0 saturated heterocycles. The quantitative estimate of drug-likeness (QED) is 0.581. The minimum atomic E-state index is -0.324. The minimum absolute atomic E-state index is 0.248. The normalized spacial score (nSPS) is 10.1. The number of aromatic nitrogens is 1. The van der Waals surface area contributed by atoms with Crippen molar-refractivity contribution in [2.75, 3.05) is 12.8 Å². The summed E-state index contributed by atoms with van der Waals surface area (Å²) in [6.45, 7) is 0.248. The first kappa shape index (κ1) is 15.8. The molecule has 1 aromatic heterocycles. The number of nitrogens with zero attached hydrogens (tertiary/aromatic N) is 1. The zero-order valence-corrected chi connectivity index (χ0v) is 12.6. The van der Waals surface area contributed by atoms with Crippen molar-refractivity contribution >= 4 is 29.4 Å². The van der Waals surface area contributed by atoms with E-state index in [-0.39, 0.29) is 23.4 Å². The summed E-state index contributed by atoms with van der Waals surface area (Å²) in [4.78, 5) is 16.1. The molecule has 0 radical (unpaired) electrons. The van der Waals surface area contributed by atoms with Gasteiger partial charge in [-0.15, -0.1) is 0 Å². The Bertz CT molecular complexity index is 719. The number of hydrogen-bond donors (Lipinski definition) is 3. The lowest BCUT2D eigenvalue weighted by Crippen LogP contribution is -2.23. The predicted octanol–water partition coefficient (Wildman–Crippen LogP) is 2.25. The van der Waals surface area contributed by atoms with Gasteiger partial charge in [0.15, 0.2) is 0 Å². The van der Waals surface area contributed by atoms with Crippen molar-refractivity contribution in [1.82, 2.24) is 10.3 Å². The lowest BCUT2D eigenvalue weighted by Gasteiger charge is -2.10. The average Bonchev–Trinajstić information content (AvgIpc) is 2.52. The Labute approximate surface area is 132 Å². The Morgan fingerprint density at radius 2 is 2.32 bits per heavy atom. The second-order valence-corrected chi connectivity index (χ2v) is 4.87. The van der Waals surface area contributed by atoms with E-state index in [0.29, 0.717) is 16.8 Å². The van der Waals surface area contributed by atoms with Crippen molar-refractivity contribution in [3.05, 3.63) is 52.2 Å². The maximum absolute atomic E-state index is 12.1. The molecular weight excluding hydrogens is 304 g/mol. The van der Waals surface area contributed by atoms with Gasteiger partial charge in [0, 0.05) is 30.2 Å². The zero-order chi connectivity index (χ0) is 16.1. The number of rotatable bonds is 5. The number of anilines is 1. The third-order valence-corrected chi connectivity index (χ3v) is 3.35. The molecule has 0 aliphatic heterocycles. The molecule has 0 bridgehead atoms. The van der Waals surface area contributed by atoms with Gasteiger partial charge in [-0.05, 0) is 17.7 Å². The number of benzene rings is 1. The Kier molecular flexibility index (Phi) is 4.95. The van der Waals surface area contributed by atoms with Gasteiger partial charge in [-0.2, -0.15) is 0 Å². The molecule has 0 atom stereocenters. The molecule has 0 aliphatic rings. The molecule has 0 spiro atoms. The number of ether oxygens (including phenoxy) is 1. The Hall–Kier alpha value is -2.60. The number of carbonyl (C=O) groups excluding carboxylic acids is 1. The number of nitrogens with one attached hydrogen (secondary N) is 2. The lowest BCUT2D eigenvalue weighted by atomic mass is 10.1. The second kappa shape index (κ2) is 6.91. The minimum Gasteiger partial charge on any atom is -0.480 e. The SMILES string of the molecule is COc1ncc(C(=O)NCc2cccc(N)c2C=N)cc1Cl. The number of nitrogens with two attached hydrogens (primary N) is 1. The fourth-order valence-electron chi connectivity index (χ4n) is 1.94. The molecule has 7 heteroatoms. The molecule has 114 valence electrons. The van der Waals surface area contributed by atoms with Crippen LogP contribution < -0.4 is 15.8 Å². The van der Waals surface area contributed by atoms with Gasteiger partial charge in [-0.3, -0.25) is 4.79 Å². The highest BCUT2D eigenvalue weighted by atomic mass is 35.5. The van der Waals surface area contributed by atoms with Crippen LogP contribution in [-0.2, 0) is 6.54 Å². The maximum atomic E-state index is 12.1. The standard InChI is InChI=1S/C15H15ClN4O2/c1-22-15-12(16)5-10(8-20-15)14(21)19-7-9-3-2-4-13(18)11(9)6-17/h2-6,8,17H,7,18H2,1H3,(H,19,21). The fraction of sp³-hybridized carbons (Fsp3) is 0.133. The molecule has 6 nitrogen and oxygen atoms in total. The molecule has 2 aromatic rings. The molecular formula is C15H15ClN4O2. The van der Waals surface area contributed by atoms with E-state index in [0.717, 1.165) is 5.56 Å². The van der Waals surface area contributed by atoms with Gasteiger partial charge in [0.05, 0.1) is 12.7 Å². The van der Waals surface area contributed by atoms with Crippen LogP contribution in [-0.4, -0.2) is 24.2 Å². The predicted molar refractivity (Wildman–Crippen MR) is 85.7 cm³/mol. The average molecular weight is 319 g/mol. The maximum Gasteiger partial charge on any atom is 0.253 e. The van der Waals surface area contributed by atoms with E-state index in [1.807, 2.05) is 0 Å². The summed E-state index contributed by atoms with van der Waals surface area (Å²) in [5.74, 6) is -0.0597. The largest absolute Gasteiger partial charge is 0.480 e. The monoisotopic (exact) mass is 318 g/mol. The van der Waals surface area contributed by atoms with Crippen molar-refractivity contribution in [1.29, 1.82) is 5.41 Å². The first-order valence-corrected chi connectivity index (χ1v) is 6.80. The molecule has 2 rings (SSSR count). The van der Waals surface area contributed by atoms with Crippen molar-refractivity contribution in [2.24, 2.45) is 0 Å². The van der Waals surface area contributed by atoms with Crippen LogP contribution in [0.5, 0.6) is 5.88 Å². The highest BCUT2D eigenvalue weighted by molar-refractivity contribution is 6.32. The summed E-state index contributed by atoms with van der Waals surface area (Å²) >= 11 is 5.95. The summed E-state index contributed by atoms with van der Waals surface area (Å²) < 4.78 is 4.94. The number of carbonyl (C=O) groups is 1. The molecule has 0 fully saturated rings. The van der Waals surface area contributed by atoms with Crippen LogP contribution in [0.15, 0.2) is 30.5 Å². The van der Waals surface area contributed by atoms with Crippen LogP contribution in [0.1, 0.15) is 21.5 Å². The smallest absolute Gasteiger partial charge is 0.253 e. The van der Waals surface area contributed by atoms with Gasteiger partial charge in [0.1, 0.15) is 5.02 Å². The van der Waals surface area contributed by atoms with Crippen LogP contribution in [0.2, 0.25) is 5.02 Å². The first-order chi connectivity index (χ1) is 10.6. The van der Waals surface area contributed by atoms with Gasteiger partial charge in [0.25, 0.3) is 5.91 Å². The highest BCUT2D eigenvalue weighted by Crippen LogP contribution is 2.22. The lowest BCUT2D eigenvalue weighted by molar-refractivity contribution is 0.0950. The number of amides is 1. The van der Waals surface area contributed by atoms with E-state index in [1.54, 1.807) is 18.2 Å². The van der Waals surface area contributed by atoms with Gasteiger partial charge >= 0.3 is 0 Å². The molecule has 1 amide bonds. The van der Waals surface area contributed by atoms with Crippen molar-refractivity contribution in [3.8, 4) is 5.88 Å². The summed E-state index contributed by atoms with van der Waals surface area (Å²) in [6.07, 6.45) is 2.56. The van der Waals surface area contributed by atoms with E-state index < -0.39 is 0 Å². The molecule has 1 heterocycles. The summed E-state index contributed by atoms with van der Waals surface area (Å²) in [7, 11) is 1.45. The van der Waals surface area contributed by atoms with Crippen LogP contribution in [0, 0.1) is 5.41 Å². The summed E-state index contributed by atoms with van der Waals surface area (Å²) in [6, 6.07) is 6.77. The second-order valence-electron chi connectivity index (χ2n) is 4.46. The Morgan fingerprint density at radius 1 is 1.55 bits per heavy atom. The molecule has 0 aliphatic carbocycles. The number of hydrogen-bond acceptors (Lipinski definition) is 5. The Morgan fingerprint density at radius 3 is 2.95 bits per heavy atom. The van der Waals surface area contributed by atoms with Crippen molar-refractivity contribution < 1.29 is 9.53 Å². The van der Waals surface area contributed by atoms with Crippen molar-refractivity contribution in [3.63, 3.8) is 0 Å². The summed E-state index contributed by atoms with van der Waals surface area (Å²) in [5.41, 5.74) is 7.97. The van der Waals surface area contributed by atoms with E-state index in [2.05, 4.69) is 10.3 Å².